The molecular weight excluding hydrogens is 827 g/mol. The van der Waals surface area contributed by atoms with Crippen LogP contribution in [0.1, 0.15) is 316 Å². The van der Waals surface area contributed by atoms with Gasteiger partial charge >= 0.3 is 5.97 Å². The highest BCUT2D eigenvalue weighted by molar-refractivity contribution is 5.76. The molecule has 6 nitrogen and oxygen atoms in total. The summed E-state index contributed by atoms with van der Waals surface area (Å²) in [5.41, 5.74) is 0. The molecule has 0 aliphatic heterocycles. The van der Waals surface area contributed by atoms with Crippen molar-refractivity contribution < 1.29 is 24.5 Å². The molecule has 67 heavy (non-hydrogen) atoms. The first kappa shape index (κ1) is 65.1. The second-order valence-electron chi connectivity index (χ2n) is 20.3. The third kappa shape index (κ3) is 53.3. The SMILES string of the molecule is CCC/C=C\C/C=C\CCCCCCCC(=O)OCCCCCCCC/C=C\CCCCCC(=O)NC(CO)C(O)CCCCCCCCCCCCCCCCCCCCCCCCCC. The number of aliphatic hydroxyl groups excluding tert-OH is 2. The number of hydrogen-bond donors (Lipinski definition) is 3. The first-order chi connectivity index (χ1) is 33.0. The molecule has 0 fully saturated rings. The van der Waals surface area contributed by atoms with Gasteiger partial charge in [0.15, 0.2) is 0 Å². The largest absolute Gasteiger partial charge is 0.466 e. The van der Waals surface area contributed by atoms with Gasteiger partial charge in [0.25, 0.3) is 0 Å². The molecule has 1 amide bonds. The zero-order valence-corrected chi connectivity index (χ0v) is 44.9. The zero-order valence-electron chi connectivity index (χ0n) is 44.9. The van der Waals surface area contributed by atoms with E-state index in [1.54, 1.807) is 0 Å². The van der Waals surface area contributed by atoms with Crippen LogP contribution in [-0.4, -0.2) is 47.4 Å². The molecule has 0 aliphatic rings. The standard InChI is InChI=1S/C61H115NO5/c1-3-5-7-9-11-13-15-17-18-19-20-21-22-23-24-25-26-27-30-33-37-41-45-49-53-59(64)58(57-63)62-60(65)54-50-46-42-38-34-31-28-32-36-40-44-48-52-56-67-61(66)55-51-47-43-39-35-29-16-14-12-10-8-6-4-2/h8,10,14,16,31,34,58-59,63-64H,3-7,9,11-13,15,17-30,32-33,35-57H2,1-2H3,(H,62,65)/b10-8-,16-14-,34-31-. The van der Waals surface area contributed by atoms with Gasteiger partial charge in [-0.1, -0.05) is 262 Å². The lowest BCUT2D eigenvalue weighted by molar-refractivity contribution is -0.143. The van der Waals surface area contributed by atoms with Gasteiger partial charge in [-0.15, -0.1) is 0 Å². The molecule has 0 heterocycles. The van der Waals surface area contributed by atoms with E-state index in [4.69, 9.17) is 4.74 Å². The molecule has 394 valence electrons. The van der Waals surface area contributed by atoms with Crippen LogP contribution in [0.5, 0.6) is 0 Å². The molecule has 2 atom stereocenters. The lowest BCUT2D eigenvalue weighted by atomic mass is 10.0. The summed E-state index contributed by atoms with van der Waals surface area (Å²) in [7, 11) is 0. The van der Waals surface area contributed by atoms with Crippen LogP contribution in [0.3, 0.4) is 0 Å². The van der Waals surface area contributed by atoms with Crippen molar-refractivity contribution in [1.82, 2.24) is 5.32 Å². The highest BCUT2D eigenvalue weighted by Crippen LogP contribution is 2.17. The van der Waals surface area contributed by atoms with Gasteiger partial charge in [-0.3, -0.25) is 9.59 Å². The predicted molar refractivity (Wildman–Crippen MR) is 292 cm³/mol. The van der Waals surface area contributed by atoms with Crippen molar-refractivity contribution in [2.24, 2.45) is 0 Å². The average molecular weight is 943 g/mol. The van der Waals surface area contributed by atoms with Crippen LogP contribution in [0.4, 0.5) is 0 Å². The number of unbranched alkanes of at least 4 members (excludes halogenated alkanes) is 38. The molecule has 0 saturated heterocycles. The summed E-state index contributed by atoms with van der Waals surface area (Å²) in [5, 5.41) is 23.3. The van der Waals surface area contributed by atoms with Crippen LogP contribution in [0, 0.1) is 0 Å². The topological polar surface area (TPSA) is 95.9 Å². The minimum Gasteiger partial charge on any atom is -0.466 e. The Labute approximate surface area is 417 Å². The van der Waals surface area contributed by atoms with Gasteiger partial charge in [0, 0.05) is 12.8 Å². The van der Waals surface area contributed by atoms with E-state index in [0.717, 1.165) is 83.5 Å². The Kier molecular flexibility index (Phi) is 55.0. The monoisotopic (exact) mass is 942 g/mol. The van der Waals surface area contributed by atoms with Crippen LogP contribution < -0.4 is 5.32 Å². The Morgan fingerprint density at radius 3 is 1.22 bits per heavy atom. The van der Waals surface area contributed by atoms with E-state index in [-0.39, 0.29) is 18.5 Å². The summed E-state index contributed by atoms with van der Waals surface area (Å²) < 4.78 is 5.45. The number of carbonyl (C=O) groups is 2. The molecule has 0 radical (unpaired) electrons. The first-order valence-corrected chi connectivity index (χ1v) is 29.7. The van der Waals surface area contributed by atoms with Crippen molar-refractivity contribution in [3.63, 3.8) is 0 Å². The van der Waals surface area contributed by atoms with Gasteiger partial charge in [0.2, 0.25) is 5.91 Å². The number of aliphatic hydroxyl groups is 2. The number of amides is 1. The number of esters is 1. The van der Waals surface area contributed by atoms with Gasteiger partial charge in [-0.25, -0.2) is 0 Å². The maximum absolute atomic E-state index is 12.5. The second kappa shape index (κ2) is 56.7. The van der Waals surface area contributed by atoms with Crippen molar-refractivity contribution >= 4 is 11.9 Å². The zero-order chi connectivity index (χ0) is 48.6. The molecule has 0 saturated carbocycles. The smallest absolute Gasteiger partial charge is 0.305 e. The van der Waals surface area contributed by atoms with Crippen LogP contribution >= 0.6 is 0 Å². The highest BCUT2D eigenvalue weighted by atomic mass is 16.5. The Morgan fingerprint density at radius 1 is 0.418 bits per heavy atom. The minimum atomic E-state index is -0.684. The molecule has 0 aromatic rings. The highest BCUT2D eigenvalue weighted by Gasteiger charge is 2.20. The van der Waals surface area contributed by atoms with E-state index in [9.17, 15) is 19.8 Å². The minimum absolute atomic E-state index is 0.0275. The Morgan fingerprint density at radius 2 is 0.776 bits per heavy atom. The molecular formula is C61H115NO5. The second-order valence-corrected chi connectivity index (χ2v) is 20.3. The Balaban J connectivity index is 3.49. The third-order valence-electron chi connectivity index (χ3n) is 13.6. The van der Waals surface area contributed by atoms with Gasteiger partial charge in [0.1, 0.15) is 0 Å². The molecule has 0 aliphatic carbocycles. The van der Waals surface area contributed by atoms with Crippen molar-refractivity contribution in [2.75, 3.05) is 13.2 Å². The van der Waals surface area contributed by atoms with Crippen LogP contribution in [0.15, 0.2) is 36.5 Å². The fraction of sp³-hybridized carbons (Fsp3) is 0.869. The van der Waals surface area contributed by atoms with Crippen LogP contribution in [0.2, 0.25) is 0 Å². The fourth-order valence-electron chi connectivity index (χ4n) is 9.08. The van der Waals surface area contributed by atoms with Gasteiger partial charge < -0.3 is 20.3 Å². The van der Waals surface area contributed by atoms with E-state index in [1.807, 2.05) is 0 Å². The van der Waals surface area contributed by atoms with E-state index in [1.165, 1.54) is 199 Å². The summed E-state index contributed by atoms with van der Waals surface area (Å²) in [6.45, 7) is 4.85. The van der Waals surface area contributed by atoms with Gasteiger partial charge in [0.05, 0.1) is 25.4 Å². The van der Waals surface area contributed by atoms with Crippen LogP contribution in [0.25, 0.3) is 0 Å². The van der Waals surface area contributed by atoms with E-state index in [2.05, 4.69) is 55.6 Å². The number of ether oxygens (including phenoxy) is 1. The molecule has 3 N–H and O–H groups in total. The van der Waals surface area contributed by atoms with E-state index < -0.39 is 12.1 Å². The first-order valence-electron chi connectivity index (χ1n) is 29.7. The predicted octanol–water partition coefficient (Wildman–Crippen LogP) is 18.4. The van der Waals surface area contributed by atoms with E-state index >= 15 is 0 Å². The lowest BCUT2D eigenvalue weighted by Gasteiger charge is -2.22. The molecule has 0 bridgehead atoms. The van der Waals surface area contributed by atoms with Crippen molar-refractivity contribution in [3.05, 3.63) is 36.5 Å². The Hall–Kier alpha value is -1.92. The quantitative estimate of drug-likeness (QED) is 0.0321. The molecule has 0 spiro atoms. The van der Waals surface area contributed by atoms with Crippen molar-refractivity contribution in [2.45, 2.75) is 328 Å². The molecule has 2 unspecified atom stereocenters. The summed E-state index contributed by atoms with van der Waals surface area (Å²) in [5.74, 6) is -0.0907. The van der Waals surface area contributed by atoms with Crippen LogP contribution in [-0.2, 0) is 14.3 Å². The number of nitrogens with one attached hydrogen (secondary N) is 1. The fourth-order valence-corrected chi connectivity index (χ4v) is 9.08. The number of hydrogen-bond acceptors (Lipinski definition) is 5. The molecule has 0 aromatic heterocycles. The maximum atomic E-state index is 12.5. The molecule has 6 heteroatoms. The van der Waals surface area contributed by atoms with E-state index in [0.29, 0.717) is 25.9 Å². The number of carbonyl (C=O) groups excluding carboxylic acids is 2. The normalized spacial score (nSPS) is 12.8. The maximum Gasteiger partial charge on any atom is 0.305 e. The average Bonchev–Trinajstić information content (AvgIpc) is 3.33. The summed E-state index contributed by atoms with van der Waals surface area (Å²) in [4.78, 5) is 24.5. The lowest BCUT2D eigenvalue weighted by Crippen LogP contribution is -2.45. The summed E-state index contributed by atoms with van der Waals surface area (Å²) in [6, 6.07) is -0.564. The summed E-state index contributed by atoms with van der Waals surface area (Å²) in [6.07, 6.45) is 70.0. The van der Waals surface area contributed by atoms with Crippen molar-refractivity contribution in [3.8, 4) is 0 Å². The van der Waals surface area contributed by atoms with Crippen molar-refractivity contribution in [1.29, 1.82) is 0 Å². The Bertz CT molecular complexity index is 1090. The number of rotatable bonds is 55. The third-order valence-corrected chi connectivity index (χ3v) is 13.6. The van der Waals surface area contributed by atoms with Gasteiger partial charge in [-0.2, -0.15) is 0 Å². The molecule has 0 aromatic carbocycles. The summed E-state index contributed by atoms with van der Waals surface area (Å²) >= 11 is 0. The number of allylic oxidation sites excluding steroid dienone is 6. The van der Waals surface area contributed by atoms with Gasteiger partial charge in [-0.05, 0) is 77.0 Å². The molecule has 0 rings (SSSR count).